The highest BCUT2D eigenvalue weighted by atomic mass is 32.2. The van der Waals surface area contributed by atoms with Crippen LogP contribution in [-0.2, 0) is 10.0 Å². The molecule has 1 heterocycles. The fourth-order valence-electron chi connectivity index (χ4n) is 3.77. The minimum absolute atomic E-state index is 0.0263. The second-order valence-electron chi connectivity index (χ2n) is 8.09. The molecule has 0 aliphatic carbocycles. The molecule has 22 heavy (non-hydrogen) atoms. The van der Waals surface area contributed by atoms with Gasteiger partial charge in [0.2, 0.25) is 10.0 Å². The van der Waals surface area contributed by atoms with E-state index in [2.05, 4.69) is 37.7 Å². The van der Waals surface area contributed by atoms with Crippen molar-refractivity contribution in [3.8, 4) is 0 Å². The number of nitrogens with one attached hydrogen (secondary N) is 1. The molecule has 4 nitrogen and oxygen atoms in total. The SMILES string of the molecule is Cc1ccc(S(=O)(=O)NC2CC(C)(C)[NH2+]C(C)(C)C2)cc1C. The van der Waals surface area contributed by atoms with Crippen LogP contribution in [0.1, 0.15) is 51.7 Å². The lowest BCUT2D eigenvalue weighted by atomic mass is 9.80. The van der Waals surface area contributed by atoms with Gasteiger partial charge in [0.15, 0.2) is 0 Å². The molecule has 1 saturated heterocycles. The van der Waals surface area contributed by atoms with Gasteiger partial charge in [-0.25, -0.2) is 13.1 Å². The predicted octanol–water partition coefficient (Wildman–Crippen LogP) is 1.86. The van der Waals surface area contributed by atoms with E-state index in [0.717, 1.165) is 24.0 Å². The van der Waals surface area contributed by atoms with E-state index in [1.165, 1.54) is 0 Å². The summed E-state index contributed by atoms with van der Waals surface area (Å²) in [5, 5.41) is 2.35. The van der Waals surface area contributed by atoms with E-state index >= 15 is 0 Å². The summed E-state index contributed by atoms with van der Waals surface area (Å²) < 4.78 is 28.3. The minimum atomic E-state index is -3.46. The third-order valence-electron chi connectivity index (χ3n) is 4.44. The van der Waals surface area contributed by atoms with E-state index in [0.29, 0.717) is 4.90 Å². The van der Waals surface area contributed by atoms with Crippen LogP contribution in [0.4, 0.5) is 0 Å². The second-order valence-corrected chi connectivity index (χ2v) is 9.81. The van der Waals surface area contributed by atoms with Gasteiger partial charge in [-0.3, -0.25) is 0 Å². The van der Waals surface area contributed by atoms with Crippen molar-refractivity contribution in [3.63, 3.8) is 0 Å². The summed E-state index contributed by atoms with van der Waals surface area (Å²) >= 11 is 0. The first-order chi connectivity index (χ1) is 9.90. The maximum atomic E-state index is 12.7. The lowest BCUT2D eigenvalue weighted by Crippen LogP contribution is -3.06. The zero-order valence-electron chi connectivity index (χ0n) is 14.5. The molecule has 1 fully saturated rings. The fraction of sp³-hybridized carbons (Fsp3) is 0.647. The van der Waals surface area contributed by atoms with Crippen molar-refractivity contribution in [1.82, 2.24) is 4.72 Å². The number of quaternary nitrogens is 1. The highest BCUT2D eigenvalue weighted by Crippen LogP contribution is 2.24. The van der Waals surface area contributed by atoms with Crippen molar-refractivity contribution >= 4 is 10.0 Å². The summed E-state index contributed by atoms with van der Waals surface area (Å²) in [5.41, 5.74) is 2.19. The third kappa shape index (κ3) is 4.09. The third-order valence-corrected chi connectivity index (χ3v) is 5.96. The summed E-state index contributed by atoms with van der Waals surface area (Å²) in [5.74, 6) is 0. The van der Waals surface area contributed by atoms with Gasteiger partial charge < -0.3 is 5.32 Å². The summed E-state index contributed by atoms with van der Waals surface area (Å²) in [7, 11) is -3.46. The zero-order chi connectivity index (χ0) is 16.8. The van der Waals surface area contributed by atoms with Crippen LogP contribution in [0.2, 0.25) is 0 Å². The topological polar surface area (TPSA) is 62.8 Å². The molecular weight excluding hydrogens is 296 g/mol. The van der Waals surface area contributed by atoms with Gasteiger partial charge in [0, 0.05) is 18.9 Å². The van der Waals surface area contributed by atoms with E-state index in [9.17, 15) is 8.42 Å². The second kappa shape index (κ2) is 5.62. The van der Waals surface area contributed by atoms with E-state index in [1.54, 1.807) is 12.1 Å². The number of rotatable bonds is 3. The summed E-state index contributed by atoms with van der Waals surface area (Å²) in [4.78, 5) is 0.362. The largest absolute Gasteiger partial charge is 0.337 e. The highest BCUT2D eigenvalue weighted by molar-refractivity contribution is 7.89. The average Bonchev–Trinajstić information content (AvgIpc) is 2.27. The van der Waals surface area contributed by atoms with E-state index < -0.39 is 10.0 Å². The molecule has 5 heteroatoms. The molecule has 0 saturated carbocycles. The Morgan fingerprint density at radius 2 is 1.59 bits per heavy atom. The lowest BCUT2D eigenvalue weighted by Gasteiger charge is -2.43. The molecule has 1 aliphatic heterocycles. The zero-order valence-corrected chi connectivity index (χ0v) is 15.3. The van der Waals surface area contributed by atoms with E-state index in [-0.39, 0.29) is 17.1 Å². The van der Waals surface area contributed by atoms with E-state index in [1.807, 2.05) is 19.9 Å². The molecule has 0 radical (unpaired) electrons. The van der Waals surface area contributed by atoms with Crippen LogP contribution in [0.3, 0.4) is 0 Å². The Bertz CT molecular complexity index is 647. The van der Waals surface area contributed by atoms with Crippen LogP contribution in [0, 0.1) is 13.8 Å². The Morgan fingerprint density at radius 3 is 2.09 bits per heavy atom. The van der Waals surface area contributed by atoms with Gasteiger partial charge in [0.05, 0.1) is 16.0 Å². The lowest BCUT2D eigenvalue weighted by molar-refractivity contribution is -0.787. The van der Waals surface area contributed by atoms with Crippen LogP contribution in [-0.4, -0.2) is 25.5 Å². The van der Waals surface area contributed by atoms with Gasteiger partial charge in [0.1, 0.15) is 0 Å². The summed E-state index contributed by atoms with van der Waals surface area (Å²) in [6, 6.07) is 5.28. The molecule has 0 amide bonds. The molecule has 2 rings (SSSR count). The fourth-order valence-corrected chi connectivity index (χ4v) is 5.09. The highest BCUT2D eigenvalue weighted by Gasteiger charge is 2.42. The summed E-state index contributed by atoms with van der Waals surface area (Å²) in [6.07, 6.45) is 1.67. The molecule has 0 unspecified atom stereocenters. The van der Waals surface area contributed by atoms with Gasteiger partial charge in [-0.2, -0.15) is 0 Å². The number of hydrogen-bond donors (Lipinski definition) is 2. The molecule has 0 spiro atoms. The Labute approximate surface area is 134 Å². The van der Waals surface area contributed by atoms with Gasteiger partial charge in [-0.05, 0) is 64.8 Å². The van der Waals surface area contributed by atoms with E-state index in [4.69, 9.17) is 0 Å². The maximum Gasteiger partial charge on any atom is 0.240 e. The van der Waals surface area contributed by atoms with Gasteiger partial charge in [-0.15, -0.1) is 0 Å². The Hall–Kier alpha value is -0.910. The molecule has 0 aromatic heterocycles. The van der Waals surface area contributed by atoms with Gasteiger partial charge in [0.25, 0.3) is 0 Å². The number of sulfonamides is 1. The Balaban J connectivity index is 2.23. The molecule has 0 bridgehead atoms. The number of benzene rings is 1. The monoisotopic (exact) mass is 325 g/mol. The van der Waals surface area contributed by atoms with Gasteiger partial charge in [-0.1, -0.05) is 6.07 Å². The van der Waals surface area contributed by atoms with Crippen molar-refractivity contribution in [1.29, 1.82) is 0 Å². The molecule has 0 atom stereocenters. The normalized spacial score (nSPS) is 21.7. The molecule has 1 aromatic carbocycles. The number of piperidine rings is 1. The van der Waals surface area contributed by atoms with Crippen LogP contribution < -0.4 is 10.0 Å². The van der Waals surface area contributed by atoms with Crippen LogP contribution in [0.15, 0.2) is 23.1 Å². The van der Waals surface area contributed by atoms with Crippen molar-refractivity contribution < 1.29 is 13.7 Å². The number of hydrogen-bond acceptors (Lipinski definition) is 2. The standard InChI is InChI=1S/C17H28N2O2S/c1-12-7-8-15(9-13(12)2)22(20,21)18-14-10-16(3,4)19-17(5,6)11-14/h7-9,14,18-19H,10-11H2,1-6H3/p+1. The van der Waals surface area contributed by atoms with Crippen molar-refractivity contribution in [2.75, 3.05) is 0 Å². The smallest absolute Gasteiger partial charge is 0.240 e. The van der Waals surface area contributed by atoms with Crippen LogP contribution >= 0.6 is 0 Å². The minimum Gasteiger partial charge on any atom is -0.337 e. The maximum absolute atomic E-state index is 12.7. The Kier molecular flexibility index (Phi) is 4.46. The molecule has 3 N–H and O–H groups in total. The number of aryl methyl sites for hydroxylation is 2. The first-order valence-electron chi connectivity index (χ1n) is 7.87. The first kappa shape index (κ1) is 17.4. The molecular formula is C17H29N2O2S+. The molecule has 1 aliphatic rings. The van der Waals surface area contributed by atoms with Crippen LogP contribution in [0.5, 0.6) is 0 Å². The Morgan fingerprint density at radius 1 is 1.05 bits per heavy atom. The molecule has 1 aromatic rings. The summed E-state index contributed by atoms with van der Waals surface area (Å²) in [6.45, 7) is 12.6. The predicted molar refractivity (Wildman–Crippen MR) is 89.3 cm³/mol. The first-order valence-corrected chi connectivity index (χ1v) is 9.35. The van der Waals surface area contributed by atoms with Crippen LogP contribution in [0.25, 0.3) is 0 Å². The quantitative estimate of drug-likeness (QED) is 0.891. The van der Waals surface area contributed by atoms with Crippen molar-refractivity contribution in [2.24, 2.45) is 0 Å². The van der Waals surface area contributed by atoms with Crippen molar-refractivity contribution in [3.05, 3.63) is 29.3 Å². The average molecular weight is 325 g/mol. The van der Waals surface area contributed by atoms with Crippen molar-refractivity contribution in [2.45, 2.75) is 76.4 Å². The number of nitrogens with two attached hydrogens (primary N) is 1. The van der Waals surface area contributed by atoms with Gasteiger partial charge >= 0.3 is 0 Å². The molecule has 124 valence electrons.